The molecule has 0 aliphatic rings. The molecule has 2 N–H and O–H groups in total. The molecular formula is C7H11NO6. The van der Waals surface area contributed by atoms with Crippen LogP contribution < -0.4 is 5.32 Å². The average Bonchev–Trinajstić information content (AvgIpc) is 2.14. The van der Waals surface area contributed by atoms with Gasteiger partial charge in [0.25, 0.3) is 0 Å². The number of carboxylic acids is 1. The fourth-order valence-corrected chi connectivity index (χ4v) is 0.502. The minimum absolute atomic E-state index is 0.244. The molecule has 0 aliphatic carbocycles. The van der Waals surface area contributed by atoms with Gasteiger partial charge < -0.3 is 19.9 Å². The summed E-state index contributed by atoms with van der Waals surface area (Å²) in [4.78, 5) is 31.2. The van der Waals surface area contributed by atoms with E-state index in [1.54, 1.807) is 0 Å². The van der Waals surface area contributed by atoms with Gasteiger partial charge in [-0.3, -0.25) is 9.59 Å². The lowest BCUT2D eigenvalue weighted by molar-refractivity contribution is -0.154. The second-order valence-corrected chi connectivity index (χ2v) is 2.21. The summed E-state index contributed by atoms with van der Waals surface area (Å²) in [6.07, 6.45) is -1.28. The number of hydrogen-bond acceptors (Lipinski definition) is 5. The van der Waals surface area contributed by atoms with Gasteiger partial charge >= 0.3 is 18.0 Å². The van der Waals surface area contributed by atoms with Gasteiger partial charge in [-0.25, -0.2) is 4.79 Å². The highest BCUT2D eigenvalue weighted by molar-refractivity contribution is 5.76. The van der Waals surface area contributed by atoms with E-state index in [9.17, 15) is 14.4 Å². The van der Waals surface area contributed by atoms with E-state index in [0.29, 0.717) is 0 Å². The molecule has 0 unspecified atom stereocenters. The normalized spacial score (nSPS) is 8.93. The van der Waals surface area contributed by atoms with Gasteiger partial charge in [-0.15, -0.1) is 0 Å². The van der Waals surface area contributed by atoms with E-state index in [0.717, 1.165) is 0 Å². The zero-order valence-electron chi connectivity index (χ0n) is 7.61. The monoisotopic (exact) mass is 205 g/mol. The number of rotatable bonds is 5. The van der Waals surface area contributed by atoms with Crippen molar-refractivity contribution in [1.82, 2.24) is 5.32 Å². The van der Waals surface area contributed by atoms with Crippen molar-refractivity contribution in [3.8, 4) is 0 Å². The second kappa shape index (κ2) is 6.70. The first-order valence-corrected chi connectivity index (χ1v) is 3.78. The van der Waals surface area contributed by atoms with Crippen LogP contribution in [-0.4, -0.2) is 37.0 Å². The molecule has 0 spiro atoms. The highest BCUT2D eigenvalue weighted by Gasteiger charge is 2.07. The Bertz CT molecular complexity index is 226. The van der Waals surface area contributed by atoms with Crippen molar-refractivity contribution >= 4 is 18.0 Å². The van der Waals surface area contributed by atoms with Crippen molar-refractivity contribution in [2.24, 2.45) is 0 Å². The molecule has 0 heterocycles. The first kappa shape index (κ1) is 12.2. The Labute approximate surface area is 80.0 Å². The van der Waals surface area contributed by atoms with Crippen molar-refractivity contribution in [3.63, 3.8) is 0 Å². The first-order valence-electron chi connectivity index (χ1n) is 3.78. The fraction of sp³-hybridized carbons (Fsp3) is 0.571. The number of esters is 1. The summed E-state index contributed by atoms with van der Waals surface area (Å²) in [6, 6.07) is 0. The molecule has 0 aliphatic heterocycles. The maximum Gasteiger partial charge on any atom is 0.409 e. The van der Waals surface area contributed by atoms with Gasteiger partial charge in [0.15, 0.2) is 0 Å². The molecular weight excluding hydrogens is 194 g/mol. The third-order valence-corrected chi connectivity index (χ3v) is 1.16. The second-order valence-electron chi connectivity index (χ2n) is 2.21. The van der Waals surface area contributed by atoms with E-state index in [-0.39, 0.29) is 12.8 Å². The Morgan fingerprint density at radius 1 is 1.21 bits per heavy atom. The zero-order valence-corrected chi connectivity index (χ0v) is 7.61. The van der Waals surface area contributed by atoms with Crippen molar-refractivity contribution in [1.29, 1.82) is 0 Å². The molecule has 7 nitrogen and oxygen atoms in total. The van der Waals surface area contributed by atoms with Crippen LogP contribution in [0.1, 0.15) is 12.8 Å². The standard InChI is InChI=1S/C7H11NO6/c1-8-7(12)14-4-13-6(11)3-2-5(9)10/h2-4H2,1H3,(H,8,12)(H,9,10). The Balaban J connectivity index is 3.45. The minimum atomic E-state index is -1.09. The summed E-state index contributed by atoms with van der Waals surface area (Å²) in [5.74, 6) is -1.81. The van der Waals surface area contributed by atoms with Crippen LogP contribution >= 0.6 is 0 Å². The van der Waals surface area contributed by atoms with Crippen molar-refractivity contribution in [2.45, 2.75) is 12.8 Å². The fourth-order valence-electron chi connectivity index (χ4n) is 0.502. The van der Waals surface area contributed by atoms with Crippen LogP contribution in [0.5, 0.6) is 0 Å². The average molecular weight is 205 g/mol. The maximum atomic E-state index is 10.7. The lowest BCUT2D eigenvalue weighted by Crippen LogP contribution is -2.21. The third-order valence-electron chi connectivity index (χ3n) is 1.16. The van der Waals surface area contributed by atoms with Gasteiger partial charge in [0, 0.05) is 7.05 Å². The van der Waals surface area contributed by atoms with Crippen molar-refractivity contribution < 1.29 is 29.0 Å². The minimum Gasteiger partial charge on any atom is -0.481 e. The molecule has 0 aromatic rings. The third kappa shape index (κ3) is 6.89. The van der Waals surface area contributed by atoms with Crippen LogP contribution in [0.2, 0.25) is 0 Å². The molecule has 0 bridgehead atoms. The summed E-state index contributed by atoms with van der Waals surface area (Å²) in [7, 11) is 1.36. The Hall–Kier alpha value is -1.79. The van der Waals surface area contributed by atoms with E-state index in [1.165, 1.54) is 7.05 Å². The van der Waals surface area contributed by atoms with Gasteiger partial charge in [-0.05, 0) is 0 Å². The van der Waals surface area contributed by atoms with Crippen LogP contribution in [0.3, 0.4) is 0 Å². The summed E-state index contributed by atoms with van der Waals surface area (Å²) in [5.41, 5.74) is 0. The largest absolute Gasteiger partial charge is 0.481 e. The topological polar surface area (TPSA) is 102 Å². The number of nitrogens with one attached hydrogen (secondary N) is 1. The number of alkyl carbamates (subject to hydrolysis) is 1. The molecule has 0 aromatic heterocycles. The van der Waals surface area contributed by atoms with Gasteiger partial charge in [-0.2, -0.15) is 0 Å². The lowest BCUT2D eigenvalue weighted by atomic mass is 10.3. The summed E-state index contributed by atoms with van der Waals surface area (Å²) >= 11 is 0. The van der Waals surface area contributed by atoms with Crippen molar-refractivity contribution in [3.05, 3.63) is 0 Å². The number of carbonyl (C=O) groups excluding carboxylic acids is 2. The molecule has 0 saturated carbocycles. The van der Waals surface area contributed by atoms with Crippen LogP contribution in [0.15, 0.2) is 0 Å². The van der Waals surface area contributed by atoms with Crippen LogP contribution in [0.4, 0.5) is 4.79 Å². The first-order chi connectivity index (χ1) is 6.56. The maximum absolute atomic E-state index is 10.7. The zero-order chi connectivity index (χ0) is 11.0. The van der Waals surface area contributed by atoms with E-state index in [2.05, 4.69) is 14.8 Å². The van der Waals surface area contributed by atoms with Gasteiger partial charge in [0.05, 0.1) is 12.8 Å². The van der Waals surface area contributed by atoms with Crippen LogP contribution in [-0.2, 0) is 19.1 Å². The van der Waals surface area contributed by atoms with E-state index < -0.39 is 24.8 Å². The Kier molecular flexibility index (Phi) is 5.84. The van der Waals surface area contributed by atoms with E-state index >= 15 is 0 Å². The van der Waals surface area contributed by atoms with Gasteiger partial charge in [-0.1, -0.05) is 0 Å². The molecule has 1 amide bonds. The predicted molar refractivity (Wildman–Crippen MR) is 43.4 cm³/mol. The number of aliphatic carboxylic acids is 1. The molecule has 0 rings (SSSR count). The Morgan fingerprint density at radius 2 is 1.86 bits per heavy atom. The summed E-state index contributed by atoms with van der Waals surface area (Å²) in [5, 5.41) is 10.4. The predicted octanol–water partition coefficient (Wildman–Crippen LogP) is -0.292. The number of hydrogen-bond donors (Lipinski definition) is 2. The van der Waals surface area contributed by atoms with Gasteiger partial charge in [0.2, 0.25) is 6.79 Å². The van der Waals surface area contributed by atoms with Gasteiger partial charge in [0.1, 0.15) is 0 Å². The highest BCUT2D eigenvalue weighted by atomic mass is 16.7. The molecule has 14 heavy (non-hydrogen) atoms. The molecule has 0 saturated heterocycles. The molecule has 0 radical (unpaired) electrons. The highest BCUT2D eigenvalue weighted by Crippen LogP contribution is 1.93. The van der Waals surface area contributed by atoms with Crippen molar-refractivity contribution in [2.75, 3.05) is 13.8 Å². The number of carbonyl (C=O) groups is 3. The van der Waals surface area contributed by atoms with E-state index in [1.807, 2.05) is 0 Å². The molecule has 7 heteroatoms. The quantitative estimate of drug-likeness (QED) is 0.472. The SMILES string of the molecule is CNC(=O)OCOC(=O)CCC(=O)O. The molecule has 0 atom stereocenters. The molecule has 80 valence electrons. The molecule has 0 aromatic carbocycles. The summed E-state index contributed by atoms with van der Waals surface area (Å²) < 4.78 is 8.71. The number of amides is 1. The molecule has 0 fully saturated rings. The smallest absolute Gasteiger partial charge is 0.409 e. The Morgan fingerprint density at radius 3 is 2.36 bits per heavy atom. The van der Waals surface area contributed by atoms with Crippen LogP contribution in [0, 0.1) is 0 Å². The summed E-state index contributed by atoms with van der Waals surface area (Å²) in [6.45, 7) is -0.516. The van der Waals surface area contributed by atoms with E-state index in [4.69, 9.17) is 5.11 Å². The lowest BCUT2D eigenvalue weighted by Gasteiger charge is -2.04. The number of carboxylic acid groups (broad SMARTS) is 1. The number of ether oxygens (including phenoxy) is 2. The van der Waals surface area contributed by atoms with Crippen LogP contribution in [0.25, 0.3) is 0 Å².